The second-order valence-corrected chi connectivity index (χ2v) is 30.4. The van der Waals surface area contributed by atoms with E-state index in [-0.39, 0.29) is 19.3 Å². The van der Waals surface area contributed by atoms with Crippen molar-refractivity contribution >= 4 is 33.6 Å². The van der Waals surface area contributed by atoms with E-state index in [1.807, 2.05) is 0 Å². The predicted molar refractivity (Wildman–Crippen MR) is 463 cm³/mol. The summed E-state index contributed by atoms with van der Waals surface area (Å²) in [4.78, 5) is 58.9. The minimum absolute atomic E-state index is 0.0702. The Morgan fingerprint density at radius 3 is 0.712 bits per heavy atom. The molecule has 0 spiro atoms. The van der Waals surface area contributed by atoms with Crippen LogP contribution in [0.1, 0.15) is 303 Å². The number of hydrogen-bond donors (Lipinski definition) is 4. The summed E-state index contributed by atoms with van der Waals surface area (Å²) in [5, 5.41) is 20.7. The summed E-state index contributed by atoms with van der Waals surface area (Å²) in [6.07, 6.45) is 111. The number of aliphatic hydroxyl groups excluding tert-OH is 2. The third-order valence-electron chi connectivity index (χ3n) is 17.0. The molecule has 0 radical (unpaired) electrons. The SMILES string of the molecule is CC/C=C\C/C=C\C/C=C\C/C=C\C/C=C\C/C=C\CCCCCCCCCCCCC(=O)OCC(O)COP(=O)(O)OCC(O)COP(=O)(O)OCC(COC(=O)CCCCCCCC/C=C\C/C=C\C/C=C\C/C=C\C/C=C\C/C=C\CC)OC(=O)CCCCCCC/C=C\C/C=C\C/C=C\C/C=C\C/C=C\CC. The van der Waals surface area contributed by atoms with E-state index in [0.717, 1.165) is 212 Å². The van der Waals surface area contributed by atoms with Gasteiger partial charge in [0.05, 0.1) is 26.4 Å². The van der Waals surface area contributed by atoms with E-state index in [1.165, 1.54) is 32.1 Å². The maximum Gasteiger partial charge on any atom is 0.472 e. The Morgan fingerprint density at radius 1 is 0.252 bits per heavy atom. The molecule has 5 unspecified atom stereocenters. The van der Waals surface area contributed by atoms with Crippen LogP contribution in [0.15, 0.2) is 207 Å². The monoisotopic (exact) mass is 1590 g/mol. The summed E-state index contributed by atoms with van der Waals surface area (Å²) in [5.41, 5.74) is 0. The number of phosphoric ester groups is 2. The number of hydrogen-bond acceptors (Lipinski definition) is 14. The molecular weight excluding hydrogens is 1430 g/mol. The highest BCUT2D eigenvalue weighted by Gasteiger charge is 2.29. The molecule has 0 fully saturated rings. The second-order valence-electron chi connectivity index (χ2n) is 27.5. The highest BCUT2D eigenvalue weighted by molar-refractivity contribution is 7.47. The van der Waals surface area contributed by atoms with Crippen LogP contribution in [0.5, 0.6) is 0 Å². The highest BCUT2D eigenvalue weighted by atomic mass is 31.2. The molecule has 0 heterocycles. The molecule has 0 bridgehead atoms. The van der Waals surface area contributed by atoms with Gasteiger partial charge in [-0.2, -0.15) is 0 Å². The van der Waals surface area contributed by atoms with Crippen LogP contribution in [0, 0.1) is 0 Å². The van der Waals surface area contributed by atoms with Gasteiger partial charge in [0.2, 0.25) is 0 Å². The van der Waals surface area contributed by atoms with Gasteiger partial charge in [-0.05, 0) is 167 Å². The van der Waals surface area contributed by atoms with Gasteiger partial charge in [-0.1, -0.05) is 324 Å². The first-order valence-corrected chi connectivity index (χ1v) is 45.4. The van der Waals surface area contributed by atoms with Crippen LogP contribution >= 0.6 is 15.6 Å². The van der Waals surface area contributed by atoms with Crippen molar-refractivity contribution in [1.82, 2.24) is 0 Å². The summed E-state index contributed by atoms with van der Waals surface area (Å²) in [7, 11) is -9.83. The van der Waals surface area contributed by atoms with Crippen molar-refractivity contribution in [2.75, 3.05) is 39.6 Å². The molecule has 0 saturated heterocycles. The fraction of sp³-hybridized carbons (Fsp3) is 0.602. The lowest BCUT2D eigenvalue weighted by Crippen LogP contribution is -2.30. The van der Waals surface area contributed by atoms with Crippen LogP contribution < -0.4 is 0 Å². The topological polar surface area (TPSA) is 231 Å². The first kappa shape index (κ1) is 105. The Morgan fingerprint density at radius 2 is 0.450 bits per heavy atom. The van der Waals surface area contributed by atoms with Crippen LogP contribution in [0.3, 0.4) is 0 Å². The molecule has 0 rings (SSSR count). The maximum absolute atomic E-state index is 13.0. The Balaban J connectivity index is 4.70. The van der Waals surface area contributed by atoms with Crippen molar-refractivity contribution in [2.24, 2.45) is 0 Å². The Bertz CT molecular complexity index is 2850. The third kappa shape index (κ3) is 84.9. The van der Waals surface area contributed by atoms with E-state index in [1.54, 1.807) is 0 Å². The molecule has 628 valence electrons. The van der Waals surface area contributed by atoms with Crippen LogP contribution in [0.2, 0.25) is 0 Å². The van der Waals surface area contributed by atoms with E-state index in [9.17, 15) is 43.5 Å². The standard InChI is InChI=1S/C93H150O16P2/c1-4-7-10-13-16-19-22-25-28-31-34-37-39-41-42-43-44-46-48-50-52-55-58-61-64-67-70-73-76-79-91(96)103-82-88(94)83-105-110(99,100)106-84-89(95)85-107-111(101,102)108-87-90(109-93(98)81-78-75-72-69-66-63-60-57-54-49-36-33-30-27-24-21-18-15-12-9-6-3)86-104-92(97)80-77-74-71-68-65-62-59-56-53-51-47-45-40-38-35-32-29-26-23-20-17-14-11-8-5-2/h7-12,16-21,25-30,34-38,41-42,44-47,49,53,56-57,60,88-90,94-95H,4-6,13-15,22-24,31-33,39-40,43,48,50-52,54-55,58-59,61-87H2,1-3H3,(H,99,100)(H,101,102)/b10-7-,11-8-,12-9-,19-16-,20-17-,21-18-,28-25-,29-26-,30-27-,37-34-,38-35-,42-41-,46-44-,47-45-,49-36-,56-53-,60-57-. The van der Waals surface area contributed by atoms with Crippen molar-refractivity contribution in [3.63, 3.8) is 0 Å². The van der Waals surface area contributed by atoms with Gasteiger partial charge < -0.3 is 34.2 Å². The first-order chi connectivity index (χ1) is 54.2. The summed E-state index contributed by atoms with van der Waals surface area (Å²) in [6.45, 7) is 2.28. The minimum atomic E-state index is -4.96. The number of allylic oxidation sites excluding steroid dienone is 34. The average molecular weight is 1590 g/mol. The molecule has 0 aliphatic carbocycles. The molecule has 0 aromatic carbocycles. The molecule has 0 aliphatic heterocycles. The number of aliphatic hydroxyl groups is 2. The van der Waals surface area contributed by atoms with E-state index in [2.05, 4.69) is 227 Å². The van der Waals surface area contributed by atoms with Crippen LogP contribution in [0.4, 0.5) is 0 Å². The molecule has 4 N–H and O–H groups in total. The number of carbonyl (C=O) groups is 3. The van der Waals surface area contributed by atoms with Gasteiger partial charge in [0.25, 0.3) is 0 Å². The van der Waals surface area contributed by atoms with Crippen LogP contribution in [-0.4, -0.2) is 95.9 Å². The zero-order chi connectivity index (χ0) is 80.8. The van der Waals surface area contributed by atoms with Crippen molar-refractivity contribution in [2.45, 2.75) is 322 Å². The smallest absolute Gasteiger partial charge is 0.463 e. The van der Waals surface area contributed by atoms with Gasteiger partial charge in [-0.25, -0.2) is 9.13 Å². The molecule has 111 heavy (non-hydrogen) atoms. The van der Waals surface area contributed by atoms with Gasteiger partial charge in [0.15, 0.2) is 6.10 Å². The number of phosphoric acid groups is 2. The van der Waals surface area contributed by atoms with Gasteiger partial charge in [-0.15, -0.1) is 0 Å². The Hall–Kier alpha value is -5.87. The summed E-state index contributed by atoms with van der Waals surface area (Å²) in [5.74, 6) is -1.63. The van der Waals surface area contributed by atoms with Crippen molar-refractivity contribution in [1.29, 1.82) is 0 Å². The van der Waals surface area contributed by atoms with Crippen LogP contribution in [0.25, 0.3) is 0 Å². The number of rotatable bonds is 78. The van der Waals surface area contributed by atoms with Crippen molar-refractivity contribution in [3.8, 4) is 0 Å². The predicted octanol–water partition coefficient (Wildman–Crippen LogP) is 25.7. The van der Waals surface area contributed by atoms with Gasteiger partial charge in [0.1, 0.15) is 25.4 Å². The lowest BCUT2D eigenvalue weighted by Gasteiger charge is -2.21. The molecule has 0 amide bonds. The third-order valence-corrected chi connectivity index (χ3v) is 18.9. The van der Waals surface area contributed by atoms with Gasteiger partial charge in [-0.3, -0.25) is 32.5 Å². The molecular formula is C93H150O16P2. The zero-order valence-electron chi connectivity index (χ0n) is 68.8. The number of ether oxygens (including phenoxy) is 3. The average Bonchev–Trinajstić information content (AvgIpc) is 0.898. The molecule has 16 nitrogen and oxygen atoms in total. The minimum Gasteiger partial charge on any atom is -0.463 e. The second kappa shape index (κ2) is 83.6. The lowest BCUT2D eigenvalue weighted by atomic mass is 10.1. The quantitative estimate of drug-likeness (QED) is 0.0146. The normalized spacial score (nSPS) is 14.9. The number of esters is 3. The number of unbranched alkanes of at least 4 members (excludes halogenated alkanes) is 21. The summed E-state index contributed by atoms with van der Waals surface area (Å²) < 4.78 is 61.3. The number of carbonyl (C=O) groups excluding carboxylic acids is 3. The van der Waals surface area contributed by atoms with Crippen molar-refractivity contribution in [3.05, 3.63) is 207 Å². The molecule has 0 aromatic heterocycles. The molecule has 0 aliphatic rings. The van der Waals surface area contributed by atoms with Crippen LogP contribution in [-0.2, 0) is 55.8 Å². The molecule has 5 atom stereocenters. The first-order valence-electron chi connectivity index (χ1n) is 42.4. The largest absolute Gasteiger partial charge is 0.472 e. The van der Waals surface area contributed by atoms with E-state index < -0.39 is 91.5 Å². The van der Waals surface area contributed by atoms with Gasteiger partial charge >= 0.3 is 33.6 Å². The fourth-order valence-corrected chi connectivity index (χ4v) is 12.2. The van der Waals surface area contributed by atoms with Crippen molar-refractivity contribution < 1.29 is 75.8 Å². The Labute approximate surface area is 673 Å². The lowest BCUT2D eigenvalue weighted by molar-refractivity contribution is -0.161. The Kier molecular flexibility index (Phi) is 79.1. The fourth-order valence-electron chi connectivity index (χ4n) is 10.7. The molecule has 18 heteroatoms. The molecule has 0 saturated carbocycles. The van der Waals surface area contributed by atoms with E-state index >= 15 is 0 Å². The zero-order valence-corrected chi connectivity index (χ0v) is 70.6. The highest BCUT2D eigenvalue weighted by Crippen LogP contribution is 2.45. The maximum atomic E-state index is 13.0. The van der Waals surface area contributed by atoms with Gasteiger partial charge in [0, 0.05) is 19.3 Å². The van der Waals surface area contributed by atoms with E-state index in [0.29, 0.717) is 19.3 Å². The molecule has 0 aromatic rings. The van der Waals surface area contributed by atoms with E-state index in [4.69, 9.17) is 32.3 Å². The summed E-state index contributed by atoms with van der Waals surface area (Å²) >= 11 is 0. The summed E-state index contributed by atoms with van der Waals surface area (Å²) in [6, 6.07) is 0.